The molecule has 0 aliphatic carbocycles. The number of nitrogens with two attached hydrogens (primary N) is 1. The third-order valence-corrected chi connectivity index (χ3v) is 2.86. The largest absolute Gasteiger partial charge is 0.467 e. The van der Waals surface area contributed by atoms with Gasteiger partial charge in [-0.05, 0) is 42.8 Å². The van der Waals surface area contributed by atoms with Gasteiger partial charge in [-0.2, -0.15) is 0 Å². The zero-order valence-corrected chi connectivity index (χ0v) is 10.6. The van der Waals surface area contributed by atoms with Gasteiger partial charge in [0.25, 0.3) is 0 Å². The molecule has 0 spiro atoms. The number of benzene rings is 1. The Morgan fingerprint density at radius 2 is 2.17 bits per heavy atom. The predicted octanol–water partition coefficient (Wildman–Crippen LogP) is 3.07. The Morgan fingerprint density at radius 3 is 2.78 bits per heavy atom. The summed E-state index contributed by atoms with van der Waals surface area (Å²) in [6.07, 6.45) is 1.64. The van der Waals surface area contributed by atoms with Gasteiger partial charge in [-0.25, -0.2) is 4.39 Å². The number of halogens is 1. The van der Waals surface area contributed by atoms with E-state index in [0.717, 1.165) is 17.0 Å². The second-order valence-electron chi connectivity index (χ2n) is 4.43. The highest BCUT2D eigenvalue weighted by Gasteiger charge is 2.13. The minimum Gasteiger partial charge on any atom is -0.467 e. The Balaban J connectivity index is 2.26. The van der Waals surface area contributed by atoms with E-state index in [9.17, 15) is 4.39 Å². The fourth-order valence-corrected chi connectivity index (χ4v) is 1.96. The monoisotopic (exact) mass is 248 g/mol. The summed E-state index contributed by atoms with van der Waals surface area (Å²) in [5.74, 6) is 0.592. The molecule has 4 heteroatoms. The van der Waals surface area contributed by atoms with E-state index in [0.29, 0.717) is 6.54 Å². The first kappa shape index (κ1) is 12.6. The van der Waals surface area contributed by atoms with Gasteiger partial charge in [-0.3, -0.25) is 0 Å². The highest BCUT2D eigenvalue weighted by molar-refractivity contribution is 5.54. The van der Waals surface area contributed by atoms with Crippen LogP contribution in [0.3, 0.4) is 0 Å². The molecule has 0 bridgehead atoms. The third kappa shape index (κ3) is 2.71. The van der Waals surface area contributed by atoms with Crippen molar-refractivity contribution in [1.29, 1.82) is 0 Å². The molecule has 0 aliphatic rings. The van der Waals surface area contributed by atoms with Gasteiger partial charge in [-0.15, -0.1) is 0 Å². The van der Waals surface area contributed by atoms with Crippen LogP contribution in [0.25, 0.3) is 0 Å². The molecule has 0 saturated heterocycles. The van der Waals surface area contributed by atoms with Crippen LogP contribution in [-0.4, -0.2) is 7.05 Å². The second-order valence-corrected chi connectivity index (χ2v) is 4.43. The van der Waals surface area contributed by atoms with Crippen molar-refractivity contribution in [2.75, 3.05) is 11.9 Å². The van der Waals surface area contributed by atoms with Crippen LogP contribution in [0.5, 0.6) is 0 Å². The molecule has 0 radical (unpaired) electrons. The van der Waals surface area contributed by atoms with E-state index in [1.54, 1.807) is 12.3 Å². The molecule has 0 aliphatic heterocycles. The zero-order valence-electron chi connectivity index (χ0n) is 10.6. The molecule has 0 fully saturated rings. The number of furan rings is 1. The maximum Gasteiger partial charge on any atom is 0.123 e. The van der Waals surface area contributed by atoms with E-state index in [2.05, 4.69) is 0 Å². The van der Waals surface area contributed by atoms with Crippen molar-refractivity contribution in [3.05, 3.63) is 53.7 Å². The molecule has 1 unspecified atom stereocenters. The van der Waals surface area contributed by atoms with Crippen LogP contribution < -0.4 is 10.6 Å². The maximum atomic E-state index is 13.3. The first-order valence-corrected chi connectivity index (χ1v) is 5.86. The predicted molar refractivity (Wildman–Crippen MR) is 69.8 cm³/mol. The number of nitrogens with zero attached hydrogens (tertiary/aromatic N) is 1. The summed E-state index contributed by atoms with van der Waals surface area (Å²) in [6.45, 7) is 2.47. The maximum absolute atomic E-state index is 13.3. The highest BCUT2D eigenvalue weighted by atomic mass is 19.1. The Bertz CT molecular complexity index is 509. The lowest BCUT2D eigenvalue weighted by molar-refractivity contribution is 0.507. The van der Waals surface area contributed by atoms with Gasteiger partial charge in [0, 0.05) is 18.8 Å². The van der Waals surface area contributed by atoms with Gasteiger partial charge in [-0.1, -0.05) is 0 Å². The Labute approximate surface area is 106 Å². The summed E-state index contributed by atoms with van der Waals surface area (Å²) in [6, 6.07) is 8.22. The van der Waals surface area contributed by atoms with Crippen LogP contribution >= 0.6 is 0 Å². The molecule has 2 N–H and O–H groups in total. The number of anilines is 1. The Kier molecular flexibility index (Phi) is 3.67. The summed E-state index contributed by atoms with van der Waals surface area (Å²) in [7, 11) is 1.93. The van der Waals surface area contributed by atoms with E-state index in [-0.39, 0.29) is 11.9 Å². The topological polar surface area (TPSA) is 42.4 Å². The molecule has 0 saturated carbocycles. The van der Waals surface area contributed by atoms with Gasteiger partial charge >= 0.3 is 0 Å². The lowest BCUT2D eigenvalue weighted by Crippen LogP contribution is -2.20. The van der Waals surface area contributed by atoms with Crippen LogP contribution in [0.1, 0.15) is 24.3 Å². The van der Waals surface area contributed by atoms with E-state index in [1.807, 2.05) is 31.0 Å². The summed E-state index contributed by atoms with van der Waals surface area (Å²) in [4.78, 5) is 2.00. The zero-order chi connectivity index (χ0) is 13.1. The van der Waals surface area contributed by atoms with Crippen LogP contribution in [0.4, 0.5) is 10.1 Å². The summed E-state index contributed by atoms with van der Waals surface area (Å²) in [5.41, 5.74) is 7.59. The number of hydrogen-bond acceptors (Lipinski definition) is 3. The third-order valence-electron chi connectivity index (χ3n) is 2.86. The molecule has 3 nitrogen and oxygen atoms in total. The molecule has 2 aromatic rings. The highest BCUT2D eigenvalue weighted by Crippen LogP contribution is 2.26. The average molecular weight is 248 g/mol. The molecule has 2 rings (SSSR count). The number of rotatable bonds is 4. The number of hydrogen-bond donors (Lipinski definition) is 1. The molecule has 18 heavy (non-hydrogen) atoms. The SMILES string of the molecule is CC(N)c1cc(F)ccc1N(C)Cc1ccco1. The van der Waals surface area contributed by atoms with Crippen molar-refractivity contribution < 1.29 is 8.81 Å². The van der Waals surface area contributed by atoms with Gasteiger partial charge in [0.05, 0.1) is 12.8 Å². The van der Waals surface area contributed by atoms with E-state index in [1.165, 1.54) is 12.1 Å². The minimum absolute atomic E-state index is 0.213. The van der Waals surface area contributed by atoms with Gasteiger partial charge in [0.1, 0.15) is 11.6 Å². The first-order chi connectivity index (χ1) is 8.58. The minimum atomic E-state index is -0.266. The molecule has 1 aromatic heterocycles. The summed E-state index contributed by atoms with van der Waals surface area (Å²) >= 11 is 0. The van der Waals surface area contributed by atoms with Crippen molar-refractivity contribution >= 4 is 5.69 Å². The lowest BCUT2D eigenvalue weighted by atomic mass is 10.1. The van der Waals surface area contributed by atoms with E-state index < -0.39 is 0 Å². The molecule has 1 aromatic carbocycles. The van der Waals surface area contributed by atoms with Crippen LogP contribution in [0.15, 0.2) is 41.0 Å². The van der Waals surface area contributed by atoms with Crippen molar-refractivity contribution in [3.63, 3.8) is 0 Å². The lowest BCUT2D eigenvalue weighted by Gasteiger charge is -2.23. The fourth-order valence-electron chi connectivity index (χ4n) is 1.96. The molecular weight excluding hydrogens is 231 g/mol. The smallest absolute Gasteiger partial charge is 0.123 e. The van der Waals surface area contributed by atoms with Crippen molar-refractivity contribution in [2.24, 2.45) is 5.73 Å². The molecule has 1 atom stereocenters. The van der Waals surface area contributed by atoms with Gasteiger partial charge in [0.2, 0.25) is 0 Å². The van der Waals surface area contributed by atoms with Crippen LogP contribution in [0.2, 0.25) is 0 Å². The molecule has 0 amide bonds. The van der Waals surface area contributed by atoms with Gasteiger partial charge < -0.3 is 15.1 Å². The van der Waals surface area contributed by atoms with Crippen molar-refractivity contribution in [1.82, 2.24) is 0 Å². The second kappa shape index (κ2) is 5.23. The Morgan fingerprint density at radius 1 is 1.39 bits per heavy atom. The Hall–Kier alpha value is -1.81. The van der Waals surface area contributed by atoms with E-state index in [4.69, 9.17) is 10.2 Å². The first-order valence-electron chi connectivity index (χ1n) is 5.86. The summed E-state index contributed by atoms with van der Waals surface area (Å²) < 4.78 is 18.6. The van der Waals surface area contributed by atoms with Crippen LogP contribution in [-0.2, 0) is 6.54 Å². The standard InChI is InChI=1S/C14H17FN2O/c1-10(16)13-8-11(15)5-6-14(13)17(2)9-12-4-3-7-18-12/h3-8,10H,9,16H2,1-2H3. The average Bonchev–Trinajstić information content (AvgIpc) is 2.81. The fraction of sp³-hybridized carbons (Fsp3) is 0.286. The molecular formula is C14H17FN2O. The van der Waals surface area contributed by atoms with Crippen LogP contribution in [0, 0.1) is 5.82 Å². The van der Waals surface area contributed by atoms with E-state index >= 15 is 0 Å². The van der Waals surface area contributed by atoms with Crippen molar-refractivity contribution in [3.8, 4) is 0 Å². The van der Waals surface area contributed by atoms with Crippen molar-refractivity contribution in [2.45, 2.75) is 19.5 Å². The molecule has 1 heterocycles. The molecule has 96 valence electrons. The van der Waals surface area contributed by atoms with Gasteiger partial charge in [0.15, 0.2) is 0 Å². The quantitative estimate of drug-likeness (QED) is 0.904. The summed E-state index contributed by atoms with van der Waals surface area (Å²) in [5, 5.41) is 0. The normalized spacial score (nSPS) is 12.4.